The predicted molar refractivity (Wildman–Crippen MR) is 74.5 cm³/mol. The second-order valence-corrected chi connectivity index (χ2v) is 5.07. The summed E-state index contributed by atoms with van der Waals surface area (Å²) in [5, 5.41) is 0. The molecule has 3 rings (SSSR count). The zero-order chi connectivity index (χ0) is 12.7. The number of hydrogen-bond donors (Lipinski definition) is 0. The highest BCUT2D eigenvalue weighted by Crippen LogP contribution is 2.27. The van der Waals surface area contributed by atoms with E-state index in [1.54, 1.807) is 24.3 Å². The van der Waals surface area contributed by atoms with E-state index < -0.39 is 0 Å². The number of benzene rings is 1. The van der Waals surface area contributed by atoms with Gasteiger partial charge >= 0.3 is 0 Å². The van der Waals surface area contributed by atoms with Crippen LogP contribution < -0.4 is 4.90 Å². The Morgan fingerprint density at radius 3 is 2.61 bits per heavy atom. The van der Waals surface area contributed by atoms with Crippen LogP contribution in [0.15, 0.2) is 42.6 Å². The number of imide groups is 1. The van der Waals surface area contributed by atoms with Gasteiger partial charge in [-0.05, 0) is 52.9 Å². The molecule has 2 heterocycles. The molecule has 0 saturated heterocycles. The number of amides is 2. The zero-order valence-corrected chi connectivity index (χ0v) is 11.3. The molecule has 0 bridgehead atoms. The second-order valence-electron chi connectivity index (χ2n) is 3.83. The van der Waals surface area contributed by atoms with Crippen LogP contribution in [0.25, 0.3) is 0 Å². The number of nitrogens with zero attached hydrogens (tertiary/aromatic N) is 2. The van der Waals surface area contributed by atoms with Crippen LogP contribution in [0, 0.1) is 3.57 Å². The van der Waals surface area contributed by atoms with Crippen LogP contribution in [-0.4, -0.2) is 16.8 Å². The van der Waals surface area contributed by atoms with E-state index in [1.165, 1.54) is 11.1 Å². The van der Waals surface area contributed by atoms with Gasteiger partial charge in [0, 0.05) is 9.77 Å². The van der Waals surface area contributed by atoms with Crippen LogP contribution in [0.2, 0.25) is 0 Å². The van der Waals surface area contributed by atoms with Crippen molar-refractivity contribution in [3.05, 3.63) is 57.4 Å². The van der Waals surface area contributed by atoms with Gasteiger partial charge in [0.05, 0.1) is 11.3 Å². The maximum Gasteiger partial charge on any atom is 0.284 e. The summed E-state index contributed by atoms with van der Waals surface area (Å²) in [6.45, 7) is 0. The fraction of sp³-hybridized carbons (Fsp3) is 0. The largest absolute Gasteiger partial charge is 0.284 e. The molecule has 88 valence electrons. The topological polar surface area (TPSA) is 50.3 Å². The lowest BCUT2D eigenvalue weighted by atomic mass is 10.2. The highest BCUT2D eigenvalue weighted by Gasteiger charge is 2.37. The molecule has 0 fully saturated rings. The Morgan fingerprint density at radius 1 is 1.06 bits per heavy atom. The molecule has 5 heteroatoms. The van der Waals surface area contributed by atoms with E-state index >= 15 is 0 Å². The number of anilines is 1. The van der Waals surface area contributed by atoms with Gasteiger partial charge in [0.15, 0.2) is 0 Å². The molecule has 0 radical (unpaired) electrons. The third-order valence-corrected chi connectivity index (χ3v) is 3.38. The van der Waals surface area contributed by atoms with Crippen molar-refractivity contribution in [2.45, 2.75) is 0 Å². The fourth-order valence-electron chi connectivity index (χ4n) is 1.92. The van der Waals surface area contributed by atoms with Gasteiger partial charge in [-0.3, -0.25) is 14.6 Å². The first kappa shape index (κ1) is 11.3. The molecule has 2 amide bonds. The summed E-state index contributed by atoms with van der Waals surface area (Å²) in [5.41, 5.74) is 1.16. The standard InChI is InChI=1S/C13H7IN2O2/c14-8-3-1-4-9(7-8)16-12(17)10-5-2-6-15-11(10)13(16)18/h1-7H. The van der Waals surface area contributed by atoms with Crippen molar-refractivity contribution in [2.75, 3.05) is 4.90 Å². The molecule has 2 aromatic rings. The lowest BCUT2D eigenvalue weighted by molar-refractivity contribution is 0.0924. The monoisotopic (exact) mass is 350 g/mol. The molecule has 1 aliphatic heterocycles. The lowest BCUT2D eigenvalue weighted by Crippen LogP contribution is -2.29. The summed E-state index contributed by atoms with van der Waals surface area (Å²) >= 11 is 2.14. The summed E-state index contributed by atoms with van der Waals surface area (Å²) in [7, 11) is 0. The van der Waals surface area contributed by atoms with Crippen molar-refractivity contribution >= 4 is 40.1 Å². The maximum atomic E-state index is 12.2. The van der Waals surface area contributed by atoms with Crippen molar-refractivity contribution in [1.29, 1.82) is 0 Å². The number of carbonyl (C=O) groups excluding carboxylic acids is 2. The van der Waals surface area contributed by atoms with Crippen LogP contribution >= 0.6 is 22.6 Å². The first-order valence-electron chi connectivity index (χ1n) is 5.28. The highest BCUT2D eigenvalue weighted by atomic mass is 127. The zero-order valence-electron chi connectivity index (χ0n) is 9.13. The molecule has 1 aromatic carbocycles. The molecular weight excluding hydrogens is 343 g/mol. The third-order valence-electron chi connectivity index (χ3n) is 2.71. The molecule has 0 atom stereocenters. The molecule has 1 aromatic heterocycles. The summed E-state index contributed by atoms with van der Waals surface area (Å²) < 4.78 is 0.967. The Morgan fingerprint density at radius 2 is 1.89 bits per heavy atom. The van der Waals surface area contributed by atoms with Gasteiger partial charge in [-0.1, -0.05) is 6.07 Å². The third kappa shape index (κ3) is 1.62. The molecule has 18 heavy (non-hydrogen) atoms. The van der Waals surface area contributed by atoms with Gasteiger partial charge < -0.3 is 0 Å². The van der Waals surface area contributed by atoms with Gasteiger partial charge in [-0.25, -0.2) is 4.90 Å². The Hall–Kier alpha value is -1.76. The number of rotatable bonds is 1. The van der Waals surface area contributed by atoms with Crippen LogP contribution in [-0.2, 0) is 0 Å². The molecule has 0 unspecified atom stereocenters. The van der Waals surface area contributed by atoms with Crippen LogP contribution in [0.4, 0.5) is 5.69 Å². The fourth-order valence-corrected chi connectivity index (χ4v) is 2.44. The number of hydrogen-bond acceptors (Lipinski definition) is 3. The Balaban J connectivity index is 2.12. The number of fused-ring (bicyclic) bond motifs is 1. The van der Waals surface area contributed by atoms with Gasteiger partial charge in [0.2, 0.25) is 0 Å². The SMILES string of the molecule is O=C1c2cccnc2C(=O)N1c1cccc(I)c1. The van der Waals surface area contributed by atoms with Crippen molar-refractivity contribution in [3.8, 4) is 0 Å². The minimum absolute atomic E-state index is 0.223. The first-order valence-corrected chi connectivity index (χ1v) is 6.36. The Kier molecular flexibility index (Phi) is 2.62. The molecule has 4 nitrogen and oxygen atoms in total. The molecule has 1 aliphatic rings. The number of aromatic nitrogens is 1. The molecule has 0 spiro atoms. The quantitative estimate of drug-likeness (QED) is 0.587. The van der Waals surface area contributed by atoms with E-state index in [2.05, 4.69) is 27.6 Å². The van der Waals surface area contributed by atoms with Gasteiger partial charge in [0.25, 0.3) is 11.8 Å². The Labute approximate surface area is 117 Å². The van der Waals surface area contributed by atoms with Crippen LogP contribution in [0.5, 0.6) is 0 Å². The molecule has 0 N–H and O–H groups in total. The van der Waals surface area contributed by atoms with Gasteiger partial charge in [0.1, 0.15) is 5.69 Å². The normalized spacial score (nSPS) is 13.9. The summed E-state index contributed by atoms with van der Waals surface area (Å²) in [4.78, 5) is 29.5. The van der Waals surface area contributed by atoms with Gasteiger partial charge in [-0.15, -0.1) is 0 Å². The summed E-state index contributed by atoms with van der Waals surface area (Å²) in [5.74, 6) is -0.678. The number of halogens is 1. The van der Waals surface area contributed by atoms with Crippen LogP contribution in [0.1, 0.15) is 20.8 Å². The van der Waals surface area contributed by atoms with Gasteiger partial charge in [-0.2, -0.15) is 0 Å². The smallest absolute Gasteiger partial charge is 0.268 e. The highest BCUT2D eigenvalue weighted by molar-refractivity contribution is 14.1. The summed E-state index contributed by atoms with van der Waals surface area (Å²) in [6, 6.07) is 10.5. The number of pyridine rings is 1. The predicted octanol–water partition coefficient (Wildman–Crippen LogP) is 2.49. The molecular formula is C13H7IN2O2. The van der Waals surface area contributed by atoms with E-state index in [0.29, 0.717) is 11.3 Å². The average Bonchev–Trinajstić information content (AvgIpc) is 2.63. The van der Waals surface area contributed by atoms with Crippen molar-refractivity contribution in [1.82, 2.24) is 4.98 Å². The minimum atomic E-state index is -0.363. The van der Waals surface area contributed by atoms with E-state index in [9.17, 15) is 9.59 Å². The maximum absolute atomic E-state index is 12.2. The molecule has 0 saturated carbocycles. The lowest BCUT2D eigenvalue weighted by Gasteiger charge is -2.13. The van der Waals surface area contributed by atoms with E-state index in [-0.39, 0.29) is 17.5 Å². The first-order chi connectivity index (χ1) is 8.68. The van der Waals surface area contributed by atoms with E-state index in [1.807, 2.05) is 12.1 Å². The van der Waals surface area contributed by atoms with Crippen molar-refractivity contribution in [2.24, 2.45) is 0 Å². The van der Waals surface area contributed by atoms with E-state index in [0.717, 1.165) is 3.57 Å². The Bertz CT molecular complexity index is 635. The van der Waals surface area contributed by atoms with Crippen molar-refractivity contribution < 1.29 is 9.59 Å². The van der Waals surface area contributed by atoms with Crippen LogP contribution in [0.3, 0.4) is 0 Å². The summed E-state index contributed by atoms with van der Waals surface area (Å²) in [6.07, 6.45) is 1.52. The molecule has 0 aliphatic carbocycles. The van der Waals surface area contributed by atoms with E-state index in [4.69, 9.17) is 0 Å². The average molecular weight is 350 g/mol. The van der Waals surface area contributed by atoms with Crippen molar-refractivity contribution in [3.63, 3.8) is 0 Å². The minimum Gasteiger partial charge on any atom is -0.268 e. The number of carbonyl (C=O) groups is 2. The second kappa shape index (κ2) is 4.16.